The number of unbranched alkanes of at least 4 members (excludes halogenated alkanes) is 2. The van der Waals surface area contributed by atoms with Gasteiger partial charge in [0.2, 0.25) is 11.8 Å². The average molecular weight is 437 g/mol. The Labute approximate surface area is 180 Å². The van der Waals surface area contributed by atoms with Crippen LogP contribution in [-0.4, -0.2) is 83.4 Å². The number of hydrogen-bond acceptors (Lipinski definition) is 6. The van der Waals surface area contributed by atoms with Gasteiger partial charge in [0.25, 0.3) is 0 Å². The van der Waals surface area contributed by atoms with E-state index in [1.165, 1.54) is 0 Å². The summed E-state index contributed by atoms with van der Waals surface area (Å²) in [4.78, 5) is 22.7. The molecule has 0 aliphatic heterocycles. The first-order chi connectivity index (χ1) is 14.3. The second kappa shape index (κ2) is 19.7. The predicted molar refractivity (Wildman–Crippen MR) is 113 cm³/mol. The smallest absolute Gasteiger partial charge is 0.246 e. The van der Waals surface area contributed by atoms with Gasteiger partial charge in [0.15, 0.2) is 0 Å². The van der Waals surface area contributed by atoms with Crippen LogP contribution in [0.1, 0.15) is 47.0 Å². The lowest BCUT2D eigenvalue weighted by Gasteiger charge is -2.12. The summed E-state index contributed by atoms with van der Waals surface area (Å²) in [6.45, 7) is 10.4. The summed E-state index contributed by atoms with van der Waals surface area (Å²) in [5.74, 6) is -0.441. The number of carbonyl (C=O) groups is 2. The molecule has 0 rings (SSSR count). The number of nitrogens with one attached hydrogen (secondary N) is 2. The first kappa shape index (κ1) is 28.7. The van der Waals surface area contributed by atoms with E-state index in [-0.39, 0.29) is 43.6 Å². The fraction of sp³-hybridized carbons (Fsp3) is 0.905. The van der Waals surface area contributed by atoms with Crippen LogP contribution < -0.4 is 10.6 Å². The number of ether oxygens (including phenoxy) is 4. The Morgan fingerprint density at radius 2 is 1.47 bits per heavy atom. The number of carbonyl (C=O) groups excluding carboxylic acids is 2. The molecule has 0 saturated heterocycles. The molecule has 0 fully saturated rings. The van der Waals surface area contributed by atoms with E-state index in [1.807, 2.05) is 13.8 Å². The predicted octanol–water partition coefficient (Wildman–Crippen LogP) is 1.86. The van der Waals surface area contributed by atoms with E-state index < -0.39 is 6.17 Å². The maximum Gasteiger partial charge on any atom is 0.246 e. The molecule has 0 aromatic rings. The van der Waals surface area contributed by atoms with Crippen molar-refractivity contribution in [3.8, 4) is 0 Å². The quantitative estimate of drug-likeness (QED) is 0.283. The summed E-state index contributed by atoms with van der Waals surface area (Å²) in [7, 11) is 0. The average Bonchev–Trinajstić information content (AvgIpc) is 2.70. The van der Waals surface area contributed by atoms with Gasteiger partial charge in [-0.05, 0) is 33.1 Å². The molecule has 1 unspecified atom stereocenters. The van der Waals surface area contributed by atoms with E-state index in [9.17, 15) is 14.0 Å². The molecule has 0 aliphatic carbocycles. The highest BCUT2D eigenvalue weighted by molar-refractivity contribution is 5.77. The number of amides is 2. The molecular weight excluding hydrogens is 395 g/mol. The fourth-order valence-corrected chi connectivity index (χ4v) is 2.15. The lowest BCUT2D eigenvalue weighted by molar-refractivity contribution is -0.127. The van der Waals surface area contributed by atoms with Crippen molar-refractivity contribution in [2.75, 3.05) is 59.3 Å². The van der Waals surface area contributed by atoms with Crippen molar-refractivity contribution in [1.82, 2.24) is 10.6 Å². The summed E-state index contributed by atoms with van der Waals surface area (Å²) in [6, 6.07) is 0. The lowest BCUT2D eigenvalue weighted by Crippen LogP contribution is -2.34. The third kappa shape index (κ3) is 20.0. The van der Waals surface area contributed by atoms with Crippen LogP contribution in [0.15, 0.2) is 0 Å². The third-order valence-electron chi connectivity index (χ3n) is 3.89. The number of alkyl halides is 1. The van der Waals surface area contributed by atoms with Crippen molar-refractivity contribution in [3.05, 3.63) is 0 Å². The van der Waals surface area contributed by atoms with Gasteiger partial charge in [0, 0.05) is 25.7 Å². The highest BCUT2D eigenvalue weighted by atomic mass is 19.1. The number of halogens is 1. The van der Waals surface area contributed by atoms with Crippen LogP contribution in [-0.2, 0) is 28.5 Å². The maximum absolute atomic E-state index is 13.6. The molecule has 0 aromatic carbocycles. The summed E-state index contributed by atoms with van der Waals surface area (Å²) in [5, 5.41) is 5.26. The zero-order valence-electron chi connectivity index (χ0n) is 19.0. The Morgan fingerprint density at radius 3 is 2.10 bits per heavy atom. The van der Waals surface area contributed by atoms with E-state index in [0.717, 1.165) is 19.3 Å². The number of hydrogen-bond donors (Lipinski definition) is 2. The van der Waals surface area contributed by atoms with Gasteiger partial charge in [-0.15, -0.1) is 0 Å². The molecule has 0 aromatic heterocycles. The van der Waals surface area contributed by atoms with Crippen LogP contribution in [0.25, 0.3) is 0 Å². The normalized spacial score (nSPS) is 12.4. The van der Waals surface area contributed by atoms with Gasteiger partial charge in [0.05, 0.1) is 39.1 Å². The van der Waals surface area contributed by atoms with Crippen molar-refractivity contribution in [3.63, 3.8) is 0 Å². The second-order valence-corrected chi connectivity index (χ2v) is 7.57. The van der Waals surface area contributed by atoms with Crippen LogP contribution in [0.3, 0.4) is 0 Å². The van der Waals surface area contributed by atoms with Crippen LogP contribution in [0.5, 0.6) is 0 Å². The van der Waals surface area contributed by atoms with Gasteiger partial charge in [0.1, 0.15) is 12.8 Å². The van der Waals surface area contributed by atoms with Gasteiger partial charge in [-0.2, -0.15) is 0 Å². The van der Waals surface area contributed by atoms with Gasteiger partial charge < -0.3 is 29.6 Å². The van der Waals surface area contributed by atoms with Gasteiger partial charge in [-0.3, -0.25) is 9.59 Å². The highest BCUT2D eigenvalue weighted by Crippen LogP contribution is 1.99. The first-order valence-corrected chi connectivity index (χ1v) is 10.9. The highest BCUT2D eigenvalue weighted by Gasteiger charge is 2.11. The lowest BCUT2D eigenvalue weighted by atomic mass is 10.2. The molecule has 8 nitrogen and oxygen atoms in total. The standard InChI is InChI=1S/C21H41FN2O6/c1-17(2)21(26)24-14-19(22)15-29-10-7-5-6-9-27-12-13-28-11-8-23-20(25)16-30-18(3)4/h17-19H,5-16H2,1-4H3,(H,23,25)(H,24,26). The molecule has 0 saturated carbocycles. The zero-order valence-corrected chi connectivity index (χ0v) is 19.0. The van der Waals surface area contributed by atoms with Crippen molar-refractivity contribution in [2.24, 2.45) is 5.92 Å². The molecule has 0 heterocycles. The Hall–Kier alpha value is -1.29. The van der Waals surface area contributed by atoms with E-state index in [1.54, 1.807) is 13.8 Å². The largest absolute Gasteiger partial charge is 0.379 e. The van der Waals surface area contributed by atoms with Crippen LogP contribution in [0, 0.1) is 5.92 Å². The monoisotopic (exact) mass is 436 g/mol. The van der Waals surface area contributed by atoms with E-state index >= 15 is 0 Å². The molecule has 0 bridgehead atoms. The summed E-state index contributed by atoms with van der Waals surface area (Å²) >= 11 is 0. The van der Waals surface area contributed by atoms with Crippen LogP contribution in [0.2, 0.25) is 0 Å². The molecule has 0 spiro atoms. The molecule has 178 valence electrons. The van der Waals surface area contributed by atoms with Crippen molar-refractivity contribution in [2.45, 2.75) is 59.2 Å². The Balaban J connectivity index is 3.26. The molecule has 0 aliphatic rings. The Kier molecular flexibility index (Phi) is 18.8. The zero-order chi connectivity index (χ0) is 22.6. The molecule has 9 heteroatoms. The molecule has 0 radical (unpaired) electrons. The summed E-state index contributed by atoms with van der Waals surface area (Å²) < 4.78 is 34.9. The maximum atomic E-state index is 13.6. The SMILES string of the molecule is CC(C)OCC(=O)NCCOCCOCCCCCOCC(F)CNC(=O)C(C)C. The van der Waals surface area contributed by atoms with Crippen LogP contribution >= 0.6 is 0 Å². The van der Waals surface area contributed by atoms with E-state index in [0.29, 0.717) is 39.6 Å². The molecule has 2 amide bonds. The minimum absolute atomic E-state index is 0.00256. The topological polar surface area (TPSA) is 95.1 Å². The number of rotatable bonds is 20. The van der Waals surface area contributed by atoms with Crippen molar-refractivity contribution >= 4 is 11.8 Å². The summed E-state index contributed by atoms with van der Waals surface area (Å²) in [5.41, 5.74) is 0. The Bertz CT molecular complexity index is 438. The minimum Gasteiger partial charge on any atom is -0.379 e. The minimum atomic E-state index is -1.18. The second-order valence-electron chi connectivity index (χ2n) is 7.57. The molecule has 30 heavy (non-hydrogen) atoms. The van der Waals surface area contributed by atoms with Gasteiger partial charge in [-0.1, -0.05) is 13.8 Å². The van der Waals surface area contributed by atoms with Crippen molar-refractivity contribution in [1.29, 1.82) is 0 Å². The fourth-order valence-electron chi connectivity index (χ4n) is 2.15. The Morgan fingerprint density at radius 1 is 0.833 bits per heavy atom. The first-order valence-electron chi connectivity index (χ1n) is 10.9. The molecule has 1 atom stereocenters. The van der Waals surface area contributed by atoms with Gasteiger partial charge in [-0.25, -0.2) is 4.39 Å². The van der Waals surface area contributed by atoms with Crippen LogP contribution in [0.4, 0.5) is 4.39 Å². The van der Waals surface area contributed by atoms with Gasteiger partial charge >= 0.3 is 0 Å². The third-order valence-corrected chi connectivity index (χ3v) is 3.89. The van der Waals surface area contributed by atoms with E-state index in [4.69, 9.17) is 18.9 Å². The molecule has 2 N–H and O–H groups in total. The van der Waals surface area contributed by atoms with Crippen molar-refractivity contribution < 1.29 is 32.9 Å². The van der Waals surface area contributed by atoms with E-state index in [2.05, 4.69) is 10.6 Å². The molecular formula is C21H41FN2O6. The summed E-state index contributed by atoms with van der Waals surface area (Å²) in [6.07, 6.45) is 1.53.